The van der Waals surface area contributed by atoms with Gasteiger partial charge in [-0.15, -0.1) is 0 Å². The zero-order valence-electron chi connectivity index (χ0n) is 13.3. The highest BCUT2D eigenvalue weighted by atomic mass is 35.5. The van der Waals surface area contributed by atoms with Crippen molar-refractivity contribution in [1.29, 1.82) is 0 Å². The number of halogens is 1. The Morgan fingerprint density at radius 2 is 1.91 bits per heavy atom. The van der Waals surface area contributed by atoms with Gasteiger partial charge in [0, 0.05) is 24.0 Å². The number of rotatable bonds is 8. The van der Waals surface area contributed by atoms with Gasteiger partial charge < -0.3 is 10.4 Å². The highest BCUT2D eigenvalue weighted by molar-refractivity contribution is 6.31. The van der Waals surface area contributed by atoms with Gasteiger partial charge in [-0.25, -0.2) is 0 Å². The van der Waals surface area contributed by atoms with Crippen LogP contribution in [-0.4, -0.2) is 17.1 Å². The SMILES string of the molecule is Cc1ccc(CNC(CCC(=O)O)Cc2ccccc2)cc1Cl. The predicted molar refractivity (Wildman–Crippen MR) is 93.8 cm³/mol. The standard InChI is InChI=1S/C19H22ClNO2/c1-14-7-8-16(12-18(14)20)13-21-17(9-10-19(22)23)11-15-5-3-2-4-6-15/h2-8,12,17,21H,9-11,13H2,1H3,(H,22,23). The van der Waals surface area contributed by atoms with Gasteiger partial charge >= 0.3 is 5.97 Å². The van der Waals surface area contributed by atoms with Crippen LogP contribution in [0.3, 0.4) is 0 Å². The van der Waals surface area contributed by atoms with E-state index in [1.807, 2.05) is 43.3 Å². The molecule has 1 atom stereocenters. The van der Waals surface area contributed by atoms with Crippen LogP contribution in [0.1, 0.15) is 29.5 Å². The van der Waals surface area contributed by atoms with Gasteiger partial charge in [0.1, 0.15) is 0 Å². The first-order chi connectivity index (χ1) is 11.0. The molecule has 2 aromatic rings. The molecule has 2 aromatic carbocycles. The number of nitrogens with one attached hydrogen (secondary N) is 1. The minimum Gasteiger partial charge on any atom is -0.481 e. The van der Waals surface area contributed by atoms with Crippen LogP contribution in [0, 0.1) is 6.92 Å². The first-order valence-corrected chi connectivity index (χ1v) is 8.16. The molecule has 0 heterocycles. The molecular weight excluding hydrogens is 310 g/mol. The minimum absolute atomic E-state index is 0.119. The van der Waals surface area contributed by atoms with E-state index in [2.05, 4.69) is 17.4 Å². The molecule has 0 bridgehead atoms. The number of carbonyl (C=O) groups is 1. The molecule has 2 N–H and O–H groups in total. The molecular formula is C19H22ClNO2. The molecule has 0 aromatic heterocycles. The van der Waals surface area contributed by atoms with Crippen molar-refractivity contribution < 1.29 is 9.90 Å². The van der Waals surface area contributed by atoms with E-state index in [0.29, 0.717) is 13.0 Å². The maximum atomic E-state index is 10.9. The molecule has 4 heteroatoms. The van der Waals surface area contributed by atoms with Gasteiger partial charge in [0.15, 0.2) is 0 Å². The van der Waals surface area contributed by atoms with E-state index in [9.17, 15) is 4.79 Å². The number of aryl methyl sites for hydroxylation is 1. The second-order valence-corrected chi connectivity index (χ2v) is 6.19. The topological polar surface area (TPSA) is 49.3 Å². The number of benzene rings is 2. The third-order valence-electron chi connectivity index (χ3n) is 3.86. The molecule has 1 unspecified atom stereocenters. The summed E-state index contributed by atoms with van der Waals surface area (Å²) in [5.74, 6) is -0.761. The summed E-state index contributed by atoms with van der Waals surface area (Å²) in [5.41, 5.74) is 3.37. The summed E-state index contributed by atoms with van der Waals surface area (Å²) in [5, 5.41) is 13.2. The second kappa shape index (κ2) is 8.70. The molecule has 122 valence electrons. The molecule has 2 rings (SSSR count). The fourth-order valence-corrected chi connectivity index (χ4v) is 2.68. The summed E-state index contributed by atoms with van der Waals surface area (Å²) in [6.45, 7) is 2.65. The van der Waals surface area contributed by atoms with Gasteiger partial charge in [-0.05, 0) is 42.5 Å². The van der Waals surface area contributed by atoms with Crippen LogP contribution in [0.5, 0.6) is 0 Å². The Kier molecular flexibility index (Phi) is 6.63. The van der Waals surface area contributed by atoms with Crippen molar-refractivity contribution in [2.75, 3.05) is 0 Å². The van der Waals surface area contributed by atoms with Gasteiger partial charge in [0.2, 0.25) is 0 Å². The van der Waals surface area contributed by atoms with Crippen molar-refractivity contribution in [2.24, 2.45) is 0 Å². The minimum atomic E-state index is -0.761. The smallest absolute Gasteiger partial charge is 0.303 e. The molecule has 0 spiro atoms. The quantitative estimate of drug-likeness (QED) is 0.761. The fourth-order valence-electron chi connectivity index (χ4n) is 2.48. The molecule has 0 amide bonds. The average Bonchev–Trinajstić information content (AvgIpc) is 2.54. The largest absolute Gasteiger partial charge is 0.481 e. The van der Waals surface area contributed by atoms with Crippen LogP contribution in [0.2, 0.25) is 5.02 Å². The fraction of sp³-hybridized carbons (Fsp3) is 0.316. The predicted octanol–water partition coefficient (Wildman–Crippen LogP) is 4.21. The molecule has 0 aliphatic rings. The van der Waals surface area contributed by atoms with Crippen molar-refractivity contribution >= 4 is 17.6 Å². The van der Waals surface area contributed by atoms with Gasteiger partial charge in [0.05, 0.1) is 0 Å². The third kappa shape index (κ3) is 6.05. The lowest BCUT2D eigenvalue weighted by Crippen LogP contribution is -2.31. The van der Waals surface area contributed by atoms with E-state index in [1.165, 1.54) is 5.56 Å². The molecule has 23 heavy (non-hydrogen) atoms. The molecule has 0 radical (unpaired) electrons. The normalized spacial score (nSPS) is 12.1. The van der Waals surface area contributed by atoms with E-state index < -0.39 is 5.97 Å². The van der Waals surface area contributed by atoms with Crippen LogP contribution in [0.25, 0.3) is 0 Å². The molecule has 0 saturated heterocycles. The van der Waals surface area contributed by atoms with Crippen molar-refractivity contribution in [3.05, 3.63) is 70.2 Å². The molecule has 3 nitrogen and oxygen atoms in total. The maximum absolute atomic E-state index is 10.9. The summed E-state index contributed by atoms with van der Waals surface area (Å²) in [7, 11) is 0. The van der Waals surface area contributed by atoms with Gasteiger partial charge in [-0.3, -0.25) is 4.79 Å². The van der Waals surface area contributed by atoms with Gasteiger partial charge in [0.25, 0.3) is 0 Å². The van der Waals surface area contributed by atoms with E-state index in [1.54, 1.807) is 0 Å². The summed E-state index contributed by atoms with van der Waals surface area (Å²) >= 11 is 6.16. The van der Waals surface area contributed by atoms with Gasteiger partial charge in [-0.2, -0.15) is 0 Å². The van der Waals surface area contributed by atoms with Gasteiger partial charge in [-0.1, -0.05) is 54.1 Å². The Bertz CT molecular complexity index is 643. The lowest BCUT2D eigenvalue weighted by atomic mass is 10.0. The van der Waals surface area contributed by atoms with E-state index in [-0.39, 0.29) is 12.5 Å². The summed E-state index contributed by atoms with van der Waals surface area (Å²) < 4.78 is 0. The Morgan fingerprint density at radius 3 is 2.57 bits per heavy atom. The van der Waals surface area contributed by atoms with Crippen LogP contribution in [-0.2, 0) is 17.8 Å². The van der Waals surface area contributed by atoms with Crippen molar-refractivity contribution in [2.45, 2.75) is 38.8 Å². The zero-order chi connectivity index (χ0) is 16.7. The second-order valence-electron chi connectivity index (χ2n) is 5.78. The highest BCUT2D eigenvalue weighted by Gasteiger charge is 2.12. The van der Waals surface area contributed by atoms with Crippen LogP contribution in [0.4, 0.5) is 0 Å². The average molecular weight is 332 g/mol. The summed E-state index contributed by atoms with van der Waals surface area (Å²) in [6.07, 6.45) is 1.58. The Hall–Kier alpha value is -1.84. The van der Waals surface area contributed by atoms with Crippen LogP contribution < -0.4 is 5.32 Å². The molecule has 0 saturated carbocycles. The van der Waals surface area contributed by atoms with E-state index in [0.717, 1.165) is 22.6 Å². The zero-order valence-corrected chi connectivity index (χ0v) is 14.0. The lowest BCUT2D eigenvalue weighted by Gasteiger charge is -2.18. The number of hydrogen-bond donors (Lipinski definition) is 2. The monoisotopic (exact) mass is 331 g/mol. The first kappa shape index (κ1) is 17.5. The first-order valence-electron chi connectivity index (χ1n) is 7.78. The number of hydrogen-bond acceptors (Lipinski definition) is 2. The van der Waals surface area contributed by atoms with E-state index in [4.69, 9.17) is 16.7 Å². The third-order valence-corrected chi connectivity index (χ3v) is 4.27. The summed E-state index contributed by atoms with van der Waals surface area (Å²) in [4.78, 5) is 10.9. The maximum Gasteiger partial charge on any atom is 0.303 e. The highest BCUT2D eigenvalue weighted by Crippen LogP contribution is 2.17. The van der Waals surface area contributed by atoms with E-state index >= 15 is 0 Å². The molecule has 0 fully saturated rings. The molecule has 0 aliphatic heterocycles. The van der Waals surface area contributed by atoms with Crippen LogP contribution in [0.15, 0.2) is 48.5 Å². The molecule has 0 aliphatic carbocycles. The lowest BCUT2D eigenvalue weighted by molar-refractivity contribution is -0.137. The number of carboxylic acid groups (broad SMARTS) is 1. The summed E-state index contributed by atoms with van der Waals surface area (Å²) in [6, 6.07) is 16.3. The Balaban J connectivity index is 1.98. The van der Waals surface area contributed by atoms with Crippen molar-refractivity contribution in [1.82, 2.24) is 5.32 Å². The number of carboxylic acids is 1. The number of aliphatic carboxylic acids is 1. The van der Waals surface area contributed by atoms with Crippen LogP contribution >= 0.6 is 11.6 Å². The van der Waals surface area contributed by atoms with Crippen molar-refractivity contribution in [3.8, 4) is 0 Å². The van der Waals surface area contributed by atoms with Crippen molar-refractivity contribution in [3.63, 3.8) is 0 Å². The Labute approximate surface area is 142 Å². The Morgan fingerprint density at radius 1 is 1.17 bits per heavy atom.